The van der Waals surface area contributed by atoms with Gasteiger partial charge in [0.15, 0.2) is 0 Å². The van der Waals surface area contributed by atoms with Crippen molar-refractivity contribution >= 4 is 43.5 Å². The summed E-state index contributed by atoms with van der Waals surface area (Å²) in [5.74, 6) is -0.140. The van der Waals surface area contributed by atoms with Gasteiger partial charge in [0.25, 0.3) is 11.6 Å². The fourth-order valence-electron chi connectivity index (χ4n) is 2.40. The van der Waals surface area contributed by atoms with Gasteiger partial charge in [0.05, 0.1) is 4.92 Å². The number of alkyl halides is 1. The Labute approximate surface area is 133 Å². The SMILES string of the molecule is O=C(c1cc(Br)cc([N+](=O)[O-])c1)N1CCCCC1CBr. The van der Waals surface area contributed by atoms with Crippen molar-refractivity contribution in [2.75, 3.05) is 11.9 Å². The summed E-state index contributed by atoms with van der Waals surface area (Å²) in [6.07, 6.45) is 3.05. The van der Waals surface area contributed by atoms with Crippen molar-refractivity contribution in [3.63, 3.8) is 0 Å². The lowest BCUT2D eigenvalue weighted by Gasteiger charge is -2.34. The third-order valence-electron chi connectivity index (χ3n) is 3.41. The minimum Gasteiger partial charge on any atom is -0.335 e. The number of carbonyl (C=O) groups is 1. The van der Waals surface area contributed by atoms with E-state index in [1.807, 2.05) is 4.90 Å². The molecule has 1 saturated heterocycles. The van der Waals surface area contributed by atoms with Crippen LogP contribution >= 0.6 is 31.9 Å². The summed E-state index contributed by atoms with van der Waals surface area (Å²) in [5, 5.41) is 11.6. The molecule has 1 aliphatic heterocycles. The number of nitro benzene ring substituents is 1. The van der Waals surface area contributed by atoms with Crippen molar-refractivity contribution < 1.29 is 9.72 Å². The Balaban J connectivity index is 2.30. The van der Waals surface area contributed by atoms with Crippen LogP contribution in [-0.4, -0.2) is 33.6 Å². The zero-order valence-electron chi connectivity index (χ0n) is 10.7. The predicted octanol–water partition coefficient (Wildman–Crippen LogP) is 3.75. The number of rotatable bonds is 3. The molecule has 0 radical (unpaired) electrons. The summed E-state index contributed by atoms with van der Waals surface area (Å²) in [4.78, 5) is 24.8. The highest BCUT2D eigenvalue weighted by Crippen LogP contribution is 2.25. The number of hydrogen-bond donors (Lipinski definition) is 0. The molecule has 0 saturated carbocycles. The van der Waals surface area contributed by atoms with Gasteiger partial charge >= 0.3 is 0 Å². The quantitative estimate of drug-likeness (QED) is 0.437. The number of nitrogens with zero attached hydrogens (tertiary/aromatic N) is 2. The van der Waals surface area contributed by atoms with Gasteiger partial charge < -0.3 is 4.90 Å². The van der Waals surface area contributed by atoms with E-state index in [0.717, 1.165) is 24.6 Å². The molecule has 1 aromatic rings. The van der Waals surface area contributed by atoms with Crippen LogP contribution in [0.2, 0.25) is 0 Å². The molecule has 7 heteroatoms. The average Bonchev–Trinajstić information content (AvgIpc) is 2.45. The molecule has 5 nitrogen and oxygen atoms in total. The molecular weight excluding hydrogens is 392 g/mol. The first-order valence-electron chi connectivity index (χ1n) is 6.35. The first-order chi connectivity index (χ1) is 9.52. The molecule has 1 unspecified atom stereocenters. The second-order valence-corrected chi connectivity index (χ2v) is 6.32. The highest BCUT2D eigenvalue weighted by atomic mass is 79.9. The molecule has 1 amide bonds. The predicted molar refractivity (Wildman–Crippen MR) is 83.3 cm³/mol. The molecule has 1 aliphatic rings. The number of non-ortho nitro benzene ring substituents is 1. The van der Waals surface area contributed by atoms with E-state index in [1.54, 1.807) is 6.07 Å². The van der Waals surface area contributed by atoms with Crippen molar-refractivity contribution in [1.82, 2.24) is 4.90 Å². The van der Waals surface area contributed by atoms with Gasteiger partial charge in [0.1, 0.15) is 0 Å². The highest BCUT2D eigenvalue weighted by Gasteiger charge is 2.27. The van der Waals surface area contributed by atoms with Crippen molar-refractivity contribution in [3.8, 4) is 0 Å². The van der Waals surface area contributed by atoms with Gasteiger partial charge in [0.2, 0.25) is 0 Å². The van der Waals surface area contributed by atoms with E-state index in [2.05, 4.69) is 31.9 Å². The standard InChI is InChI=1S/C13H14Br2N2O3/c14-8-11-3-1-2-4-16(11)13(18)9-5-10(15)7-12(6-9)17(19)20/h5-7,11H,1-4,8H2. The van der Waals surface area contributed by atoms with Crippen LogP contribution in [0.15, 0.2) is 22.7 Å². The van der Waals surface area contributed by atoms with Gasteiger partial charge in [-0.15, -0.1) is 0 Å². The molecule has 0 aliphatic carbocycles. The molecule has 108 valence electrons. The number of nitro groups is 1. The molecular formula is C13H14Br2N2O3. The van der Waals surface area contributed by atoms with E-state index in [9.17, 15) is 14.9 Å². The normalized spacial score (nSPS) is 18.9. The maximum Gasteiger partial charge on any atom is 0.271 e. The Hall–Kier alpha value is -0.950. The van der Waals surface area contributed by atoms with Gasteiger partial charge in [-0.25, -0.2) is 0 Å². The fourth-order valence-corrected chi connectivity index (χ4v) is 3.55. The van der Waals surface area contributed by atoms with Crippen LogP contribution in [0.5, 0.6) is 0 Å². The van der Waals surface area contributed by atoms with E-state index in [0.29, 0.717) is 16.6 Å². The average molecular weight is 406 g/mol. The number of piperidine rings is 1. The summed E-state index contributed by atoms with van der Waals surface area (Å²) in [5.41, 5.74) is 0.286. The third-order valence-corrected chi connectivity index (χ3v) is 4.61. The van der Waals surface area contributed by atoms with Gasteiger partial charge in [-0.3, -0.25) is 14.9 Å². The van der Waals surface area contributed by atoms with Crippen LogP contribution in [-0.2, 0) is 0 Å². The minimum absolute atomic E-state index is 0.0740. The van der Waals surface area contributed by atoms with E-state index < -0.39 is 4.92 Å². The largest absolute Gasteiger partial charge is 0.335 e. The molecule has 1 aromatic carbocycles. The number of likely N-dealkylation sites (tertiary alicyclic amines) is 1. The number of benzene rings is 1. The van der Waals surface area contributed by atoms with Crippen LogP contribution in [0.4, 0.5) is 5.69 Å². The van der Waals surface area contributed by atoms with E-state index in [-0.39, 0.29) is 17.6 Å². The molecule has 1 fully saturated rings. The summed E-state index contributed by atoms with van der Waals surface area (Å²) in [6, 6.07) is 4.53. The summed E-state index contributed by atoms with van der Waals surface area (Å²) in [6.45, 7) is 0.704. The van der Waals surface area contributed by atoms with Crippen LogP contribution in [0.25, 0.3) is 0 Å². The summed E-state index contributed by atoms with van der Waals surface area (Å²) in [7, 11) is 0. The lowest BCUT2D eigenvalue weighted by atomic mass is 10.0. The number of halogens is 2. The van der Waals surface area contributed by atoms with Crippen LogP contribution in [0.1, 0.15) is 29.6 Å². The molecule has 0 N–H and O–H groups in total. The molecule has 2 rings (SSSR count). The van der Waals surface area contributed by atoms with Gasteiger partial charge in [-0.1, -0.05) is 31.9 Å². The van der Waals surface area contributed by atoms with Gasteiger partial charge in [-0.05, 0) is 25.3 Å². The molecule has 0 spiro atoms. The van der Waals surface area contributed by atoms with Crippen LogP contribution < -0.4 is 0 Å². The Morgan fingerprint density at radius 1 is 1.40 bits per heavy atom. The minimum atomic E-state index is -0.486. The zero-order valence-corrected chi connectivity index (χ0v) is 13.9. The Bertz CT molecular complexity index is 536. The zero-order chi connectivity index (χ0) is 14.7. The van der Waals surface area contributed by atoms with E-state index >= 15 is 0 Å². The molecule has 1 heterocycles. The summed E-state index contributed by atoms with van der Waals surface area (Å²) < 4.78 is 0.544. The highest BCUT2D eigenvalue weighted by molar-refractivity contribution is 9.10. The van der Waals surface area contributed by atoms with Crippen LogP contribution in [0.3, 0.4) is 0 Å². The molecule has 1 atom stereocenters. The first kappa shape index (κ1) is 15.4. The van der Waals surface area contributed by atoms with Crippen molar-refractivity contribution in [2.45, 2.75) is 25.3 Å². The van der Waals surface area contributed by atoms with Crippen molar-refractivity contribution in [3.05, 3.63) is 38.3 Å². The Kier molecular flexibility index (Phi) is 5.15. The lowest BCUT2D eigenvalue weighted by molar-refractivity contribution is -0.385. The van der Waals surface area contributed by atoms with Crippen molar-refractivity contribution in [1.29, 1.82) is 0 Å². The molecule has 0 aromatic heterocycles. The maximum atomic E-state index is 12.6. The van der Waals surface area contributed by atoms with E-state index in [1.165, 1.54) is 12.1 Å². The smallest absolute Gasteiger partial charge is 0.271 e. The van der Waals surface area contributed by atoms with Crippen molar-refractivity contribution in [2.24, 2.45) is 0 Å². The number of carbonyl (C=O) groups excluding carboxylic acids is 1. The topological polar surface area (TPSA) is 63.4 Å². The number of amides is 1. The Morgan fingerprint density at radius 3 is 2.80 bits per heavy atom. The van der Waals surface area contributed by atoms with Gasteiger partial charge in [-0.2, -0.15) is 0 Å². The monoisotopic (exact) mass is 404 g/mol. The second kappa shape index (κ2) is 6.67. The lowest BCUT2D eigenvalue weighted by Crippen LogP contribution is -2.44. The van der Waals surface area contributed by atoms with Crippen LogP contribution in [0, 0.1) is 10.1 Å². The third kappa shape index (κ3) is 3.38. The summed E-state index contributed by atoms with van der Waals surface area (Å²) >= 11 is 6.65. The molecule has 0 bridgehead atoms. The van der Waals surface area contributed by atoms with E-state index in [4.69, 9.17) is 0 Å². The fraction of sp³-hybridized carbons (Fsp3) is 0.462. The first-order valence-corrected chi connectivity index (χ1v) is 8.26. The maximum absolute atomic E-state index is 12.6. The number of hydrogen-bond acceptors (Lipinski definition) is 3. The van der Waals surface area contributed by atoms with Gasteiger partial charge in [0, 0.05) is 40.1 Å². The molecule has 20 heavy (non-hydrogen) atoms. The Morgan fingerprint density at radius 2 is 2.15 bits per heavy atom. The second-order valence-electron chi connectivity index (χ2n) is 4.76.